The Morgan fingerprint density at radius 2 is 1.51 bits per heavy atom. The molecule has 35 heavy (non-hydrogen) atoms. The van der Waals surface area contributed by atoms with Crippen LogP contribution in [0.1, 0.15) is 22.4 Å². The number of aryl methyl sites for hydroxylation is 1. The van der Waals surface area contributed by atoms with Crippen molar-refractivity contribution in [3.05, 3.63) is 138 Å². The minimum absolute atomic E-state index is 0.117. The number of hydrogen-bond donors (Lipinski definition) is 1. The topological polar surface area (TPSA) is 37.3 Å². The highest BCUT2D eigenvalue weighted by atomic mass is 16.2. The van der Waals surface area contributed by atoms with E-state index in [9.17, 15) is 4.79 Å². The molecule has 4 nitrogen and oxygen atoms in total. The molecule has 0 aliphatic heterocycles. The lowest BCUT2D eigenvalue weighted by molar-refractivity contribution is 0.205. The molecule has 0 spiro atoms. The first-order valence-corrected chi connectivity index (χ1v) is 11.9. The van der Waals surface area contributed by atoms with Crippen LogP contribution in [0.4, 0.5) is 10.5 Å². The number of carbonyl (C=O) groups excluding carboxylic acids is 1. The van der Waals surface area contributed by atoms with Crippen LogP contribution in [0.5, 0.6) is 0 Å². The zero-order chi connectivity index (χ0) is 24.0. The smallest absolute Gasteiger partial charge is 0.322 e. The van der Waals surface area contributed by atoms with Crippen LogP contribution in [0, 0.1) is 6.92 Å². The maximum atomic E-state index is 13.6. The molecule has 0 atom stereocenters. The molecule has 0 unspecified atom stereocenters. The fourth-order valence-corrected chi connectivity index (χ4v) is 4.45. The molecule has 0 saturated carbocycles. The van der Waals surface area contributed by atoms with Crippen molar-refractivity contribution < 1.29 is 4.79 Å². The number of amides is 2. The third-order valence-electron chi connectivity index (χ3n) is 6.41. The fourth-order valence-electron chi connectivity index (χ4n) is 4.45. The van der Waals surface area contributed by atoms with Crippen molar-refractivity contribution in [3.63, 3.8) is 0 Å². The lowest BCUT2D eigenvalue weighted by Gasteiger charge is -2.25. The average Bonchev–Trinajstić information content (AvgIpc) is 3.32. The lowest BCUT2D eigenvalue weighted by atomic mass is 10.1. The minimum Gasteiger partial charge on any atom is -0.345 e. The second kappa shape index (κ2) is 10.3. The number of nitrogens with zero attached hydrogens (tertiary/aromatic N) is 2. The molecule has 1 aromatic heterocycles. The van der Waals surface area contributed by atoms with Crippen LogP contribution >= 0.6 is 0 Å². The van der Waals surface area contributed by atoms with E-state index in [2.05, 4.69) is 83.7 Å². The molecule has 0 radical (unpaired) electrons. The number of fused-ring (bicyclic) bond motifs is 1. The maximum Gasteiger partial charge on any atom is 0.322 e. The Morgan fingerprint density at radius 3 is 2.37 bits per heavy atom. The first-order chi connectivity index (χ1) is 17.2. The summed E-state index contributed by atoms with van der Waals surface area (Å²) in [5.41, 5.74) is 5.55. The van der Waals surface area contributed by atoms with Gasteiger partial charge in [-0.3, -0.25) is 0 Å². The molecule has 4 heteroatoms. The van der Waals surface area contributed by atoms with E-state index in [1.807, 2.05) is 53.4 Å². The predicted octanol–water partition coefficient (Wildman–Crippen LogP) is 7.23. The first-order valence-electron chi connectivity index (χ1n) is 11.9. The summed E-state index contributed by atoms with van der Waals surface area (Å²) in [5.74, 6) is 0. The van der Waals surface area contributed by atoms with Gasteiger partial charge in [-0.25, -0.2) is 4.79 Å². The Labute approximate surface area is 206 Å². The number of carbonyl (C=O) groups is 1. The van der Waals surface area contributed by atoms with Gasteiger partial charge in [0.2, 0.25) is 0 Å². The summed E-state index contributed by atoms with van der Waals surface area (Å²) >= 11 is 0. The third kappa shape index (κ3) is 5.28. The molecule has 2 amide bonds. The van der Waals surface area contributed by atoms with E-state index in [1.165, 1.54) is 11.1 Å². The van der Waals surface area contributed by atoms with Crippen LogP contribution < -0.4 is 5.32 Å². The summed E-state index contributed by atoms with van der Waals surface area (Å²) in [6.45, 7) is 3.94. The van der Waals surface area contributed by atoms with E-state index in [0.717, 1.165) is 34.3 Å². The molecular formula is C31H29N3O. The second-order valence-corrected chi connectivity index (χ2v) is 8.85. The Hall–Kier alpha value is -4.31. The van der Waals surface area contributed by atoms with Crippen molar-refractivity contribution in [2.75, 3.05) is 5.32 Å². The molecule has 0 bridgehead atoms. The number of hydrogen-bond acceptors (Lipinski definition) is 1. The molecule has 1 N–H and O–H groups in total. The van der Waals surface area contributed by atoms with Crippen LogP contribution in [0.3, 0.4) is 0 Å². The standard InChI is InChI=1S/C31H29N3O/c1-24-11-5-6-15-27(24)22-33-20-10-17-28(33)23-34(21-25-12-3-2-4-13-25)31(35)32-30-19-9-16-26-14-7-8-18-29(26)30/h2-20H,21-23H2,1H3,(H,32,35). The number of benzene rings is 4. The summed E-state index contributed by atoms with van der Waals surface area (Å²) < 4.78 is 2.23. The first kappa shape index (κ1) is 22.5. The van der Waals surface area contributed by atoms with Gasteiger partial charge in [0.1, 0.15) is 0 Å². The van der Waals surface area contributed by atoms with Crippen molar-refractivity contribution in [1.29, 1.82) is 0 Å². The Morgan fingerprint density at radius 1 is 0.771 bits per heavy atom. The molecule has 5 aromatic rings. The summed E-state index contributed by atoms with van der Waals surface area (Å²) in [6, 6.07) is 36.7. The zero-order valence-electron chi connectivity index (χ0n) is 19.9. The molecule has 4 aromatic carbocycles. The van der Waals surface area contributed by atoms with Crippen LogP contribution in [0.2, 0.25) is 0 Å². The van der Waals surface area contributed by atoms with E-state index in [-0.39, 0.29) is 6.03 Å². The molecular weight excluding hydrogens is 430 g/mol. The molecule has 0 saturated heterocycles. The van der Waals surface area contributed by atoms with Crippen molar-refractivity contribution >= 4 is 22.5 Å². The number of aromatic nitrogens is 1. The highest BCUT2D eigenvalue weighted by Gasteiger charge is 2.18. The maximum absolute atomic E-state index is 13.6. The van der Waals surface area contributed by atoms with Gasteiger partial charge in [-0.1, -0.05) is 91.0 Å². The molecule has 0 aliphatic rings. The predicted molar refractivity (Wildman–Crippen MR) is 143 cm³/mol. The van der Waals surface area contributed by atoms with Gasteiger partial charge in [0.05, 0.1) is 12.2 Å². The summed E-state index contributed by atoms with van der Waals surface area (Å²) in [7, 11) is 0. The number of nitrogens with one attached hydrogen (secondary N) is 1. The lowest BCUT2D eigenvalue weighted by Crippen LogP contribution is -2.34. The van der Waals surface area contributed by atoms with Gasteiger partial charge in [-0.05, 0) is 47.2 Å². The highest BCUT2D eigenvalue weighted by Crippen LogP contribution is 2.24. The SMILES string of the molecule is Cc1ccccc1Cn1cccc1CN(Cc1ccccc1)C(=O)Nc1cccc2ccccc12. The van der Waals surface area contributed by atoms with Gasteiger partial charge in [0, 0.05) is 30.4 Å². The Balaban J connectivity index is 1.42. The van der Waals surface area contributed by atoms with Crippen molar-refractivity contribution in [3.8, 4) is 0 Å². The molecule has 0 aliphatic carbocycles. The van der Waals surface area contributed by atoms with Crippen LogP contribution in [0.25, 0.3) is 10.8 Å². The van der Waals surface area contributed by atoms with Gasteiger partial charge in [-0.2, -0.15) is 0 Å². The Bertz CT molecular complexity index is 1430. The normalized spacial score (nSPS) is 10.9. The van der Waals surface area contributed by atoms with E-state index in [1.54, 1.807) is 0 Å². The van der Waals surface area contributed by atoms with Crippen LogP contribution in [0.15, 0.2) is 115 Å². The monoisotopic (exact) mass is 459 g/mol. The van der Waals surface area contributed by atoms with Gasteiger partial charge >= 0.3 is 6.03 Å². The van der Waals surface area contributed by atoms with Gasteiger partial charge in [0.25, 0.3) is 0 Å². The third-order valence-corrected chi connectivity index (χ3v) is 6.41. The number of urea groups is 1. The second-order valence-electron chi connectivity index (χ2n) is 8.85. The average molecular weight is 460 g/mol. The molecule has 1 heterocycles. The van der Waals surface area contributed by atoms with Crippen molar-refractivity contribution in [2.45, 2.75) is 26.6 Å². The fraction of sp³-hybridized carbons (Fsp3) is 0.129. The quantitative estimate of drug-likeness (QED) is 0.274. The molecule has 0 fully saturated rings. The van der Waals surface area contributed by atoms with Gasteiger partial charge < -0.3 is 14.8 Å². The summed E-state index contributed by atoms with van der Waals surface area (Å²) in [6.07, 6.45) is 2.09. The van der Waals surface area contributed by atoms with Crippen LogP contribution in [-0.2, 0) is 19.6 Å². The van der Waals surface area contributed by atoms with Crippen LogP contribution in [-0.4, -0.2) is 15.5 Å². The van der Waals surface area contributed by atoms with E-state index in [0.29, 0.717) is 13.1 Å². The van der Waals surface area contributed by atoms with Gasteiger partial charge in [0.15, 0.2) is 0 Å². The highest BCUT2D eigenvalue weighted by molar-refractivity contribution is 6.01. The minimum atomic E-state index is -0.117. The Kier molecular flexibility index (Phi) is 6.62. The number of rotatable bonds is 7. The largest absolute Gasteiger partial charge is 0.345 e. The van der Waals surface area contributed by atoms with Gasteiger partial charge in [-0.15, -0.1) is 0 Å². The van der Waals surface area contributed by atoms with E-state index in [4.69, 9.17) is 0 Å². The van der Waals surface area contributed by atoms with E-state index < -0.39 is 0 Å². The molecule has 5 rings (SSSR count). The van der Waals surface area contributed by atoms with Crippen molar-refractivity contribution in [2.24, 2.45) is 0 Å². The summed E-state index contributed by atoms with van der Waals surface area (Å²) in [5, 5.41) is 5.31. The summed E-state index contributed by atoms with van der Waals surface area (Å²) in [4.78, 5) is 15.5. The van der Waals surface area contributed by atoms with E-state index >= 15 is 0 Å². The molecule has 174 valence electrons. The number of anilines is 1. The van der Waals surface area contributed by atoms with Crippen molar-refractivity contribution in [1.82, 2.24) is 9.47 Å². The zero-order valence-corrected chi connectivity index (χ0v) is 19.9.